The van der Waals surface area contributed by atoms with Gasteiger partial charge in [0.1, 0.15) is 25.4 Å². The molecule has 192 valence electrons. The number of nitriles is 1. The van der Waals surface area contributed by atoms with Crippen molar-refractivity contribution in [3.63, 3.8) is 0 Å². The molecule has 0 aromatic heterocycles. The van der Waals surface area contributed by atoms with Crippen LogP contribution in [0.4, 0.5) is 0 Å². The summed E-state index contributed by atoms with van der Waals surface area (Å²) in [6, 6.07) is 12.0. The number of ether oxygens (including phenoxy) is 3. The molecule has 35 heavy (non-hydrogen) atoms. The largest absolute Gasteiger partial charge is 0.462 e. The molecule has 0 aliphatic carbocycles. The van der Waals surface area contributed by atoms with Crippen molar-refractivity contribution < 1.29 is 33.7 Å². The first-order valence-electron chi connectivity index (χ1n) is 11.5. The molecule has 0 heterocycles. The zero-order valence-electron chi connectivity index (χ0n) is 21.5. The molecule has 4 atom stereocenters. The number of rotatable bonds is 13. The van der Waals surface area contributed by atoms with Crippen molar-refractivity contribution in [1.82, 2.24) is 0 Å². The molecular weight excluding hydrogens is 450 g/mol. The molecule has 0 aliphatic rings. The maximum absolute atomic E-state index is 13.0. The van der Waals surface area contributed by atoms with Gasteiger partial charge in [0.25, 0.3) is 0 Å². The Hall–Kier alpha value is -3.18. The van der Waals surface area contributed by atoms with Crippen LogP contribution in [0.15, 0.2) is 42.5 Å². The van der Waals surface area contributed by atoms with Crippen molar-refractivity contribution in [2.45, 2.75) is 72.5 Å². The summed E-state index contributed by atoms with van der Waals surface area (Å²) in [4.78, 5) is 36.2. The van der Waals surface area contributed by atoms with Gasteiger partial charge in [-0.3, -0.25) is 9.59 Å². The monoisotopic (exact) mass is 487 g/mol. The third-order valence-corrected chi connectivity index (χ3v) is 6.25. The number of aliphatic hydroxyl groups is 1. The highest BCUT2D eigenvalue weighted by atomic mass is 16.6. The lowest BCUT2D eigenvalue weighted by Gasteiger charge is -2.39. The lowest BCUT2D eigenvalue weighted by atomic mass is 9.64. The van der Waals surface area contributed by atoms with Crippen LogP contribution in [0, 0.1) is 22.2 Å². The quantitative estimate of drug-likeness (QED) is 0.251. The molecule has 0 saturated carbocycles. The van der Waals surface area contributed by atoms with Gasteiger partial charge in [-0.2, -0.15) is 5.26 Å². The second-order valence-electron chi connectivity index (χ2n) is 9.68. The fourth-order valence-electron chi connectivity index (χ4n) is 3.54. The van der Waals surface area contributed by atoms with Gasteiger partial charge in [-0.05, 0) is 45.6 Å². The van der Waals surface area contributed by atoms with Gasteiger partial charge in [0.05, 0.1) is 16.9 Å². The predicted molar refractivity (Wildman–Crippen MR) is 130 cm³/mol. The second-order valence-corrected chi connectivity index (χ2v) is 9.68. The summed E-state index contributed by atoms with van der Waals surface area (Å²) in [5.41, 5.74) is -1.30. The van der Waals surface area contributed by atoms with Gasteiger partial charge in [-0.1, -0.05) is 43.8 Å². The first kappa shape index (κ1) is 29.9. The van der Waals surface area contributed by atoms with Crippen molar-refractivity contribution in [3.8, 4) is 6.07 Å². The zero-order valence-corrected chi connectivity index (χ0v) is 21.5. The molecule has 1 aromatic rings. The van der Waals surface area contributed by atoms with Crippen LogP contribution in [0.3, 0.4) is 0 Å². The Morgan fingerprint density at radius 1 is 1.09 bits per heavy atom. The van der Waals surface area contributed by atoms with Gasteiger partial charge < -0.3 is 19.3 Å². The number of hydrogen-bond acceptors (Lipinski definition) is 8. The topological polar surface area (TPSA) is 123 Å². The summed E-state index contributed by atoms with van der Waals surface area (Å²) in [6.07, 6.45) is -1.25. The molecule has 0 bridgehead atoms. The Morgan fingerprint density at radius 2 is 1.66 bits per heavy atom. The summed E-state index contributed by atoms with van der Waals surface area (Å²) in [7, 11) is 0. The second kappa shape index (κ2) is 13.1. The van der Waals surface area contributed by atoms with Crippen LogP contribution >= 0.6 is 0 Å². The minimum absolute atomic E-state index is 0.0515. The summed E-state index contributed by atoms with van der Waals surface area (Å²) in [6.45, 7) is 12.3. The SMILES string of the molecule is C=C(C)C(=O)OCC(O)COC(=O)C(C)(C)C(C)(C#N)CC(CC(C)c1ccccc1)OC(C)=O. The minimum Gasteiger partial charge on any atom is -0.462 e. The number of nitrogens with zero attached hydrogens (tertiary/aromatic N) is 1. The summed E-state index contributed by atoms with van der Waals surface area (Å²) >= 11 is 0. The highest BCUT2D eigenvalue weighted by Crippen LogP contribution is 2.44. The van der Waals surface area contributed by atoms with E-state index in [9.17, 15) is 24.8 Å². The van der Waals surface area contributed by atoms with E-state index >= 15 is 0 Å². The average Bonchev–Trinajstić information content (AvgIpc) is 2.80. The minimum atomic E-state index is -1.30. The Morgan fingerprint density at radius 3 is 2.17 bits per heavy atom. The Kier molecular flexibility index (Phi) is 11.1. The van der Waals surface area contributed by atoms with E-state index < -0.39 is 47.6 Å². The molecule has 0 radical (unpaired) electrons. The van der Waals surface area contributed by atoms with Gasteiger partial charge >= 0.3 is 17.9 Å². The van der Waals surface area contributed by atoms with E-state index in [2.05, 4.69) is 12.6 Å². The van der Waals surface area contributed by atoms with Gasteiger partial charge in [-0.15, -0.1) is 0 Å². The number of carbonyl (C=O) groups is 3. The summed E-state index contributed by atoms with van der Waals surface area (Å²) < 4.78 is 15.7. The lowest BCUT2D eigenvalue weighted by Crippen LogP contribution is -2.45. The van der Waals surface area contributed by atoms with Gasteiger partial charge in [0.15, 0.2) is 0 Å². The maximum atomic E-state index is 13.0. The van der Waals surface area contributed by atoms with Crippen molar-refractivity contribution >= 4 is 17.9 Å². The lowest BCUT2D eigenvalue weighted by molar-refractivity contribution is -0.166. The van der Waals surface area contributed by atoms with Gasteiger partial charge in [0, 0.05) is 18.9 Å². The molecule has 0 spiro atoms. The van der Waals surface area contributed by atoms with Crippen LogP contribution in [-0.2, 0) is 28.6 Å². The van der Waals surface area contributed by atoms with E-state index in [-0.39, 0.29) is 24.5 Å². The van der Waals surface area contributed by atoms with Crippen LogP contribution in [0.2, 0.25) is 0 Å². The van der Waals surface area contributed by atoms with E-state index in [1.54, 1.807) is 20.8 Å². The van der Waals surface area contributed by atoms with Crippen molar-refractivity contribution in [2.75, 3.05) is 13.2 Å². The molecule has 0 aliphatic heterocycles. The van der Waals surface area contributed by atoms with E-state index in [0.717, 1.165) is 5.56 Å². The molecule has 0 fully saturated rings. The molecule has 8 nitrogen and oxygen atoms in total. The first-order chi connectivity index (χ1) is 16.2. The van der Waals surface area contributed by atoms with E-state index in [1.165, 1.54) is 13.8 Å². The van der Waals surface area contributed by atoms with E-state index in [0.29, 0.717) is 6.42 Å². The van der Waals surface area contributed by atoms with Crippen LogP contribution in [0.5, 0.6) is 0 Å². The standard InChI is InChI=1S/C27H37NO7/c1-18(2)24(31)33-15-22(30)16-34-25(32)26(5,6)27(7,17-28)14-23(35-20(4)29)13-19(3)21-11-9-8-10-12-21/h8-12,19,22-23,30H,1,13-16H2,2-7H3. The first-order valence-corrected chi connectivity index (χ1v) is 11.5. The number of hydrogen-bond donors (Lipinski definition) is 1. The third-order valence-electron chi connectivity index (χ3n) is 6.25. The zero-order chi connectivity index (χ0) is 26.8. The molecule has 8 heteroatoms. The molecule has 1 aromatic carbocycles. The highest BCUT2D eigenvalue weighted by molar-refractivity contribution is 5.86. The molecule has 1 N–H and O–H groups in total. The molecular formula is C27H37NO7. The highest BCUT2D eigenvalue weighted by Gasteiger charge is 2.50. The van der Waals surface area contributed by atoms with Crippen molar-refractivity contribution in [2.24, 2.45) is 10.8 Å². The Labute approximate surface area is 207 Å². The van der Waals surface area contributed by atoms with Crippen LogP contribution in [0.25, 0.3) is 0 Å². The van der Waals surface area contributed by atoms with Crippen LogP contribution < -0.4 is 0 Å². The molecule has 0 saturated heterocycles. The molecule has 0 amide bonds. The van der Waals surface area contributed by atoms with Crippen molar-refractivity contribution in [1.29, 1.82) is 5.26 Å². The molecule has 4 unspecified atom stereocenters. The number of benzene rings is 1. The fraction of sp³-hybridized carbons (Fsp3) is 0.556. The fourth-order valence-corrected chi connectivity index (χ4v) is 3.54. The molecule has 1 rings (SSSR count). The number of aliphatic hydroxyl groups excluding tert-OH is 1. The number of esters is 3. The van der Waals surface area contributed by atoms with Crippen LogP contribution in [-0.4, -0.2) is 48.4 Å². The van der Waals surface area contributed by atoms with Gasteiger partial charge in [0.2, 0.25) is 0 Å². The Bertz CT molecular complexity index is 935. The number of carbonyl (C=O) groups excluding carboxylic acids is 3. The van der Waals surface area contributed by atoms with Crippen LogP contribution in [0.1, 0.15) is 65.9 Å². The van der Waals surface area contributed by atoms with E-state index in [4.69, 9.17) is 14.2 Å². The average molecular weight is 488 g/mol. The predicted octanol–water partition coefficient (Wildman–Crippen LogP) is 4.08. The third kappa shape index (κ3) is 8.84. The van der Waals surface area contributed by atoms with Crippen molar-refractivity contribution in [3.05, 3.63) is 48.0 Å². The normalized spacial score (nSPS) is 15.5. The maximum Gasteiger partial charge on any atom is 0.333 e. The smallest absolute Gasteiger partial charge is 0.333 e. The summed E-state index contributed by atoms with van der Waals surface area (Å²) in [5.74, 6) is -1.78. The summed E-state index contributed by atoms with van der Waals surface area (Å²) in [5, 5.41) is 20.1. The van der Waals surface area contributed by atoms with E-state index in [1.807, 2.05) is 37.3 Å². The van der Waals surface area contributed by atoms with Gasteiger partial charge in [-0.25, -0.2) is 4.79 Å². The Balaban J connectivity index is 2.91.